The molecular weight excluding hydrogens is 182 g/mol. The molecule has 88 valence electrons. The van der Waals surface area contributed by atoms with E-state index in [-0.39, 0.29) is 0 Å². The second kappa shape index (κ2) is 6.12. The van der Waals surface area contributed by atoms with Crippen LogP contribution in [0.4, 0.5) is 0 Å². The molecule has 0 radical (unpaired) electrons. The number of hydrogen-bond donors (Lipinski definition) is 1. The molecule has 1 N–H and O–H groups in total. The molecule has 0 amide bonds. The van der Waals surface area contributed by atoms with E-state index in [9.17, 15) is 0 Å². The van der Waals surface area contributed by atoms with Crippen molar-refractivity contribution in [3.8, 4) is 0 Å². The van der Waals surface area contributed by atoms with Crippen LogP contribution in [-0.2, 0) is 0 Å². The number of allylic oxidation sites excluding steroid dienone is 2. The van der Waals surface area contributed by atoms with Crippen LogP contribution in [0.15, 0.2) is 25.3 Å². The fourth-order valence-corrected chi connectivity index (χ4v) is 1.67. The van der Waals surface area contributed by atoms with Crippen LogP contribution in [-0.4, -0.2) is 13.1 Å². The van der Waals surface area contributed by atoms with Crippen molar-refractivity contribution in [3.05, 3.63) is 25.3 Å². The summed E-state index contributed by atoms with van der Waals surface area (Å²) >= 11 is 0. The molecule has 0 aliphatic rings. The number of rotatable bonds is 8. The smallest absolute Gasteiger partial charge is 0.000571 e. The van der Waals surface area contributed by atoms with E-state index >= 15 is 0 Å². The van der Waals surface area contributed by atoms with Crippen LogP contribution in [0.2, 0.25) is 0 Å². The summed E-state index contributed by atoms with van der Waals surface area (Å²) in [6.07, 6.45) is 6.11. The predicted octanol–water partition coefficient (Wildman–Crippen LogP) is 3.78. The Morgan fingerprint density at radius 1 is 0.867 bits per heavy atom. The van der Waals surface area contributed by atoms with Crippen LogP contribution in [0.25, 0.3) is 0 Å². The fraction of sp³-hybridized carbons (Fsp3) is 0.714. The van der Waals surface area contributed by atoms with Crippen LogP contribution < -0.4 is 5.32 Å². The van der Waals surface area contributed by atoms with Crippen molar-refractivity contribution in [2.24, 2.45) is 10.8 Å². The lowest BCUT2D eigenvalue weighted by Gasteiger charge is -2.28. The van der Waals surface area contributed by atoms with Gasteiger partial charge in [-0.3, -0.25) is 0 Å². The zero-order chi connectivity index (χ0) is 11.9. The Labute approximate surface area is 95.7 Å². The van der Waals surface area contributed by atoms with Gasteiger partial charge >= 0.3 is 0 Å². The summed E-state index contributed by atoms with van der Waals surface area (Å²) in [6.45, 7) is 18.7. The van der Waals surface area contributed by atoms with E-state index in [1.165, 1.54) is 0 Å². The normalized spacial score (nSPS) is 12.5. The minimum Gasteiger partial charge on any atom is -0.316 e. The quantitative estimate of drug-likeness (QED) is 0.600. The van der Waals surface area contributed by atoms with Crippen molar-refractivity contribution in [2.75, 3.05) is 13.1 Å². The van der Waals surface area contributed by atoms with Gasteiger partial charge in [0.25, 0.3) is 0 Å². The van der Waals surface area contributed by atoms with E-state index in [0.717, 1.165) is 25.9 Å². The lowest BCUT2D eigenvalue weighted by atomic mass is 9.87. The van der Waals surface area contributed by atoms with Gasteiger partial charge in [-0.1, -0.05) is 39.8 Å². The van der Waals surface area contributed by atoms with E-state index < -0.39 is 0 Å². The highest BCUT2D eigenvalue weighted by molar-refractivity contribution is 4.84. The topological polar surface area (TPSA) is 12.0 Å². The van der Waals surface area contributed by atoms with Crippen LogP contribution >= 0.6 is 0 Å². The van der Waals surface area contributed by atoms with E-state index in [1.807, 2.05) is 12.2 Å². The Hall–Kier alpha value is -0.560. The first kappa shape index (κ1) is 14.4. The predicted molar refractivity (Wildman–Crippen MR) is 70.1 cm³/mol. The summed E-state index contributed by atoms with van der Waals surface area (Å²) in [5, 5.41) is 3.54. The maximum Gasteiger partial charge on any atom is 0.000571 e. The van der Waals surface area contributed by atoms with Crippen LogP contribution in [0, 0.1) is 10.8 Å². The van der Waals surface area contributed by atoms with Gasteiger partial charge in [0.1, 0.15) is 0 Å². The largest absolute Gasteiger partial charge is 0.316 e. The van der Waals surface area contributed by atoms with Gasteiger partial charge in [-0.15, -0.1) is 13.2 Å². The van der Waals surface area contributed by atoms with E-state index in [2.05, 4.69) is 46.2 Å². The minimum atomic E-state index is 0.312. The summed E-state index contributed by atoms with van der Waals surface area (Å²) in [7, 11) is 0. The second-order valence-corrected chi connectivity index (χ2v) is 5.92. The molecule has 0 heterocycles. The molecule has 0 aliphatic carbocycles. The van der Waals surface area contributed by atoms with Crippen molar-refractivity contribution in [1.82, 2.24) is 5.32 Å². The van der Waals surface area contributed by atoms with E-state index in [4.69, 9.17) is 0 Å². The monoisotopic (exact) mass is 209 g/mol. The van der Waals surface area contributed by atoms with Crippen molar-refractivity contribution in [2.45, 2.75) is 40.5 Å². The fourth-order valence-electron chi connectivity index (χ4n) is 1.67. The summed E-state index contributed by atoms with van der Waals surface area (Å²) in [6, 6.07) is 0. The third-order valence-electron chi connectivity index (χ3n) is 2.60. The molecule has 0 saturated heterocycles. The number of nitrogens with one attached hydrogen (secondary N) is 1. The highest BCUT2D eigenvalue weighted by Crippen LogP contribution is 2.22. The van der Waals surface area contributed by atoms with Gasteiger partial charge in [-0.2, -0.15) is 0 Å². The van der Waals surface area contributed by atoms with Gasteiger partial charge in [0, 0.05) is 13.1 Å². The first-order valence-electron chi connectivity index (χ1n) is 5.75. The number of hydrogen-bond acceptors (Lipinski definition) is 1. The summed E-state index contributed by atoms with van der Waals surface area (Å²) in [4.78, 5) is 0. The standard InChI is InChI=1S/C14H27N/c1-7-9-13(3,4)11-15-12-14(5,6)10-8-2/h7-8,15H,1-2,9-12H2,3-6H3. The van der Waals surface area contributed by atoms with Gasteiger partial charge in [-0.05, 0) is 23.7 Å². The van der Waals surface area contributed by atoms with E-state index in [0.29, 0.717) is 10.8 Å². The van der Waals surface area contributed by atoms with Gasteiger partial charge in [0.15, 0.2) is 0 Å². The van der Waals surface area contributed by atoms with Gasteiger partial charge in [0.2, 0.25) is 0 Å². The molecule has 0 aliphatic heterocycles. The lowest BCUT2D eigenvalue weighted by molar-refractivity contribution is 0.290. The summed E-state index contributed by atoms with van der Waals surface area (Å²) in [5.74, 6) is 0. The van der Waals surface area contributed by atoms with E-state index in [1.54, 1.807) is 0 Å². The minimum absolute atomic E-state index is 0.312. The van der Waals surface area contributed by atoms with Crippen LogP contribution in [0.5, 0.6) is 0 Å². The van der Waals surface area contributed by atoms with Crippen molar-refractivity contribution in [1.29, 1.82) is 0 Å². The maximum absolute atomic E-state index is 3.79. The third kappa shape index (κ3) is 7.38. The molecule has 0 spiro atoms. The highest BCUT2D eigenvalue weighted by atomic mass is 14.9. The average Bonchev–Trinajstić information content (AvgIpc) is 2.02. The highest BCUT2D eigenvalue weighted by Gasteiger charge is 2.19. The lowest BCUT2D eigenvalue weighted by Crippen LogP contribution is -2.35. The Morgan fingerprint density at radius 3 is 1.47 bits per heavy atom. The van der Waals surface area contributed by atoms with Crippen molar-refractivity contribution in [3.63, 3.8) is 0 Å². The molecule has 0 saturated carbocycles. The summed E-state index contributed by atoms with van der Waals surface area (Å²) in [5.41, 5.74) is 0.623. The SMILES string of the molecule is C=CCC(C)(C)CNCC(C)(C)CC=C. The molecule has 1 heteroatoms. The first-order chi connectivity index (χ1) is 6.83. The van der Waals surface area contributed by atoms with Gasteiger partial charge in [-0.25, -0.2) is 0 Å². The van der Waals surface area contributed by atoms with Crippen molar-refractivity contribution < 1.29 is 0 Å². The Balaban J connectivity index is 3.87. The zero-order valence-corrected chi connectivity index (χ0v) is 10.9. The molecule has 0 unspecified atom stereocenters. The average molecular weight is 209 g/mol. The Morgan fingerprint density at radius 2 is 1.20 bits per heavy atom. The second-order valence-electron chi connectivity index (χ2n) is 5.92. The first-order valence-corrected chi connectivity index (χ1v) is 5.75. The van der Waals surface area contributed by atoms with Crippen LogP contribution in [0.3, 0.4) is 0 Å². The molecule has 0 aromatic rings. The molecule has 0 aromatic carbocycles. The molecule has 1 nitrogen and oxygen atoms in total. The molecule has 0 bridgehead atoms. The molecule has 0 atom stereocenters. The molecular formula is C14H27N. The van der Waals surface area contributed by atoms with Crippen LogP contribution in [0.1, 0.15) is 40.5 Å². The molecule has 0 aromatic heterocycles. The molecule has 0 rings (SSSR count). The van der Waals surface area contributed by atoms with Crippen molar-refractivity contribution >= 4 is 0 Å². The Bertz CT molecular complexity index is 179. The zero-order valence-electron chi connectivity index (χ0n) is 10.9. The maximum atomic E-state index is 3.79. The third-order valence-corrected chi connectivity index (χ3v) is 2.60. The molecule has 15 heavy (non-hydrogen) atoms. The van der Waals surface area contributed by atoms with Gasteiger partial charge in [0.05, 0.1) is 0 Å². The van der Waals surface area contributed by atoms with Gasteiger partial charge < -0.3 is 5.32 Å². The summed E-state index contributed by atoms with van der Waals surface area (Å²) < 4.78 is 0. The Kier molecular flexibility index (Phi) is 5.89. The molecule has 0 fully saturated rings.